The second-order valence-electron chi connectivity index (χ2n) is 9.27. The summed E-state index contributed by atoms with van der Waals surface area (Å²) in [5, 5.41) is 0. The summed E-state index contributed by atoms with van der Waals surface area (Å²) in [6.45, 7) is 2.28. The summed E-state index contributed by atoms with van der Waals surface area (Å²) in [5.74, 6) is -1.77. The monoisotopic (exact) mass is 444 g/mol. The number of ether oxygens (including phenoxy) is 1. The van der Waals surface area contributed by atoms with E-state index in [1.807, 2.05) is 0 Å². The molecule has 0 bridgehead atoms. The van der Waals surface area contributed by atoms with Crippen LogP contribution in [-0.4, -0.2) is 6.36 Å². The zero-order chi connectivity index (χ0) is 22.4. The Labute approximate surface area is 182 Å². The topological polar surface area (TPSA) is 9.23 Å². The minimum atomic E-state index is -5.12. The first-order chi connectivity index (χ1) is 14.7. The Morgan fingerprint density at radius 2 is 1.48 bits per heavy atom. The number of allylic oxidation sites excluding steroid dienone is 2. The lowest BCUT2D eigenvalue weighted by Crippen LogP contribution is -2.19. The maximum absolute atomic E-state index is 14.0. The van der Waals surface area contributed by atoms with Gasteiger partial charge in [-0.3, -0.25) is 0 Å². The van der Waals surface area contributed by atoms with Crippen LogP contribution in [0.5, 0.6) is 5.75 Å². The molecule has 2 fully saturated rings. The van der Waals surface area contributed by atoms with Gasteiger partial charge in [0.05, 0.1) is 0 Å². The molecule has 0 saturated heterocycles. The molecule has 0 amide bonds. The average Bonchev–Trinajstić information content (AvgIpc) is 2.74. The standard InChI is InChI=1S/C25H33F5O/c1-2-17-7-9-18(10-8-17)5-3-4-6-19-11-13-20(14-12-19)21-15-22(26)24(23(27)16-21)31-25(28,29)30/h4,6,15-20H,2-3,5,7-14H2,1H3/b6-4+. The van der Waals surface area contributed by atoms with Crippen LogP contribution in [0.15, 0.2) is 24.3 Å². The van der Waals surface area contributed by atoms with Crippen LogP contribution < -0.4 is 4.74 Å². The second-order valence-corrected chi connectivity index (χ2v) is 9.27. The fourth-order valence-corrected chi connectivity index (χ4v) is 5.22. The second kappa shape index (κ2) is 10.8. The Hall–Kier alpha value is -1.59. The van der Waals surface area contributed by atoms with Crippen molar-refractivity contribution in [3.05, 3.63) is 41.5 Å². The molecule has 31 heavy (non-hydrogen) atoms. The Morgan fingerprint density at radius 3 is 2.03 bits per heavy atom. The van der Waals surface area contributed by atoms with E-state index < -0.39 is 23.7 Å². The number of hydrogen-bond donors (Lipinski definition) is 0. The third-order valence-corrected chi connectivity index (χ3v) is 7.18. The highest BCUT2D eigenvalue weighted by Gasteiger charge is 2.34. The lowest BCUT2D eigenvalue weighted by molar-refractivity contribution is -0.276. The van der Waals surface area contributed by atoms with Gasteiger partial charge in [0.2, 0.25) is 5.75 Å². The van der Waals surface area contributed by atoms with Crippen LogP contribution in [0.3, 0.4) is 0 Å². The number of hydrogen-bond acceptors (Lipinski definition) is 1. The molecule has 1 aromatic carbocycles. The molecule has 0 N–H and O–H groups in total. The Balaban J connectivity index is 1.44. The summed E-state index contributed by atoms with van der Waals surface area (Å²) < 4.78 is 68.4. The number of rotatable bonds is 7. The zero-order valence-electron chi connectivity index (χ0n) is 18.2. The van der Waals surface area contributed by atoms with Gasteiger partial charge in [0.25, 0.3) is 0 Å². The molecule has 174 valence electrons. The quantitative estimate of drug-likeness (QED) is 0.302. The van der Waals surface area contributed by atoms with E-state index in [0.717, 1.165) is 56.1 Å². The Morgan fingerprint density at radius 1 is 0.903 bits per heavy atom. The Bertz CT molecular complexity index is 703. The number of halogens is 5. The normalized spacial score (nSPS) is 27.5. The summed E-state index contributed by atoms with van der Waals surface area (Å²) in [5.41, 5.74) is 0.412. The first kappa shape index (κ1) is 24.1. The van der Waals surface area contributed by atoms with Gasteiger partial charge in [0.1, 0.15) is 0 Å². The lowest BCUT2D eigenvalue weighted by Gasteiger charge is -2.28. The van der Waals surface area contributed by atoms with E-state index in [0.29, 0.717) is 11.5 Å². The van der Waals surface area contributed by atoms with E-state index in [-0.39, 0.29) is 5.92 Å². The van der Waals surface area contributed by atoms with Gasteiger partial charge in [0, 0.05) is 0 Å². The SMILES string of the molecule is CCC1CCC(CC/C=C/C2CCC(c3cc(F)c(OC(F)(F)F)c(F)c3)CC2)CC1. The molecule has 0 atom stereocenters. The van der Waals surface area contributed by atoms with Crippen LogP contribution in [0.25, 0.3) is 0 Å². The van der Waals surface area contributed by atoms with Gasteiger partial charge in [0.15, 0.2) is 11.6 Å². The van der Waals surface area contributed by atoms with Crippen LogP contribution in [0.4, 0.5) is 22.0 Å². The van der Waals surface area contributed by atoms with Crippen molar-refractivity contribution in [2.24, 2.45) is 17.8 Å². The van der Waals surface area contributed by atoms with Crippen molar-refractivity contribution < 1.29 is 26.7 Å². The largest absolute Gasteiger partial charge is 0.573 e. The predicted molar refractivity (Wildman–Crippen MR) is 112 cm³/mol. The highest BCUT2D eigenvalue weighted by Crippen LogP contribution is 2.39. The van der Waals surface area contributed by atoms with Crippen molar-refractivity contribution in [2.45, 2.75) is 89.8 Å². The lowest BCUT2D eigenvalue weighted by atomic mass is 9.78. The molecule has 1 nitrogen and oxygen atoms in total. The van der Waals surface area contributed by atoms with E-state index in [4.69, 9.17) is 0 Å². The number of benzene rings is 1. The molecular formula is C25H33F5O. The van der Waals surface area contributed by atoms with Crippen molar-refractivity contribution in [1.29, 1.82) is 0 Å². The summed E-state index contributed by atoms with van der Waals surface area (Å²) in [6, 6.07) is 1.97. The third kappa shape index (κ3) is 7.21. The molecule has 0 aromatic heterocycles. The predicted octanol–water partition coefficient (Wildman–Crippen LogP) is 8.69. The minimum absolute atomic E-state index is 0.0395. The van der Waals surface area contributed by atoms with Crippen molar-refractivity contribution >= 4 is 0 Å². The van der Waals surface area contributed by atoms with Crippen LogP contribution in [-0.2, 0) is 0 Å². The highest BCUT2D eigenvalue weighted by atomic mass is 19.4. The summed E-state index contributed by atoms with van der Waals surface area (Å²) >= 11 is 0. The van der Waals surface area contributed by atoms with E-state index in [1.54, 1.807) is 0 Å². The van der Waals surface area contributed by atoms with Crippen molar-refractivity contribution in [3.63, 3.8) is 0 Å². The molecule has 2 saturated carbocycles. The minimum Gasteiger partial charge on any atom is -0.399 e. The zero-order valence-corrected chi connectivity index (χ0v) is 18.2. The molecular weight excluding hydrogens is 411 g/mol. The molecule has 6 heteroatoms. The van der Waals surface area contributed by atoms with Crippen LogP contribution in [0.1, 0.15) is 89.0 Å². The molecule has 0 unspecified atom stereocenters. The summed E-state index contributed by atoms with van der Waals surface area (Å²) in [4.78, 5) is 0. The van der Waals surface area contributed by atoms with Crippen LogP contribution in [0, 0.1) is 29.4 Å². The molecule has 3 rings (SSSR count). The Kier molecular flexibility index (Phi) is 8.40. The van der Waals surface area contributed by atoms with E-state index in [9.17, 15) is 22.0 Å². The van der Waals surface area contributed by atoms with Crippen molar-refractivity contribution in [1.82, 2.24) is 0 Å². The van der Waals surface area contributed by atoms with Gasteiger partial charge in [-0.25, -0.2) is 8.78 Å². The van der Waals surface area contributed by atoms with Gasteiger partial charge in [-0.1, -0.05) is 51.2 Å². The van der Waals surface area contributed by atoms with Gasteiger partial charge < -0.3 is 4.74 Å². The smallest absolute Gasteiger partial charge is 0.399 e. The summed E-state index contributed by atoms with van der Waals surface area (Å²) in [6.07, 6.45) is 12.0. The molecule has 2 aliphatic carbocycles. The van der Waals surface area contributed by atoms with Gasteiger partial charge >= 0.3 is 6.36 Å². The highest BCUT2D eigenvalue weighted by molar-refractivity contribution is 5.33. The first-order valence-electron chi connectivity index (χ1n) is 11.7. The van der Waals surface area contributed by atoms with Gasteiger partial charge in [-0.15, -0.1) is 13.2 Å². The molecule has 0 spiro atoms. The van der Waals surface area contributed by atoms with Gasteiger partial charge in [-0.2, -0.15) is 0 Å². The molecule has 1 aromatic rings. The summed E-state index contributed by atoms with van der Waals surface area (Å²) in [7, 11) is 0. The maximum atomic E-state index is 14.0. The van der Waals surface area contributed by atoms with Crippen LogP contribution in [0.2, 0.25) is 0 Å². The molecule has 0 aliphatic heterocycles. The first-order valence-corrected chi connectivity index (χ1v) is 11.7. The van der Waals surface area contributed by atoms with E-state index in [1.165, 1.54) is 38.5 Å². The molecule has 2 aliphatic rings. The molecule has 0 radical (unpaired) electrons. The molecule has 0 heterocycles. The van der Waals surface area contributed by atoms with Crippen LogP contribution >= 0.6 is 0 Å². The van der Waals surface area contributed by atoms with E-state index in [2.05, 4.69) is 23.8 Å². The van der Waals surface area contributed by atoms with E-state index >= 15 is 0 Å². The number of alkyl halides is 3. The fraction of sp³-hybridized carbons (Fsp3) is 0.680. The fourth-order valence-electron chi connectivity index (χ4n) is 5.22. The third-order valence-electron chi connectivity index (χ3n) is 7.18. The average molecular weight is 445 g/mol. The van der Waals surface area contributed by atoms with Gasteiger partial charge in [-0.05, 0) is 79.9 Å². The maximum Gasteiger partial charge on any atom is 0.573 e. The van der Waals surface area contributed by atoms with Crippen molar-refractivity contribution in [2.75, 3.05) is 0 Å². The van der Waals surface area contributed by atoms with Crippen molar-refractivity contribution in [3.8, 4) is 5.75 Å².